The Hall–Kier alpha value is -3.60. The van der Waals surface area contributed by atoms with Crippen molar-refractivity contribution in [2.75, 3.05) is 13.2 Å². The molecule has 0 saturated carbocycles. The maximum Gasteiger partial charge on any atom is 0.343 e. The second-order valence-corrected chi connectivity index (χ2v) is 12.0. The zero-order valence-electron chi connectivity index (χ0n) is 26.8. The molecule has 0 radical (unpaired) electrons. The van der Waals surface area contributed by atoms with Gasteiger partial charge in [0.25, 0.3) is 0 Å². The number of carbonyl (C=O) groups is 2. The first-order valence-corrected chi connectivity index (χ1v) is 17.0. The van der Waals surface area contributed by atoms with Gasteiger partial charge in [-0.3, -0.25) is 4.79 Å². The van der Waals surface area contributed by atoms with Crippen LogP contribution in [0.2, 0.25) is 0 Å². The average molecular weight is 599 g/mol. The van der Waals surface area contributed by atoms with E-state index in [1.165, 1.54) is 77.0 Å². The standard InChI is InChI=1S/C39H50O5/c1-3-5-7-9-11-12-13-15-16-26-42-31-20-18-30(19-21-31)39(41)44-33-23-25-35-34-24-22-32(28-36(34)38(40)37(35)29-33)43-27-17-14-10-8-6-4-2/h18-25,28-29H,3-17,26-27H2,1-2H3. The van der Waals surface area contributed by atoms with E-state index in [-0.39, 0.29) is 5.78 Å². The van der Waals surface area contributed by atoms with Crippen LogP contribution in [-0.2, 0) is 0 Å². The van der Waals surface area contributed by atoms with Gasteiger partial charge in [0, 0.05) is 11.1 Å². The van der Waals surface area contributed by atoms with E-state index in [0.29, 0.717) is 41.4 Å². The number of esters is 1. The molecule has 0 amide bonds. The number of carbonyl (C=O) groups excluding carboxylic acids is 2. The number of fused-ring (bicyclic) bond motifs is 3. The lowest BCUT2D eigenvalue weighted by atomic mass is 10.1. The molecule has 0 heterocycles. The predicted molar refractivity (Wildman–Crippen MR) is 178 cm³/mol. The highest BCUT2D eigenvalue weighted by Crippen LogP contribution is 2.40. The predicted octanol–water partition coefficient (Wildman–Crippen LogP) is 10.8. The van der Waals surface area contributed by atoms with Crippen molar-refractivity contribution >= 4 is 11.8 Å². The molecule has 44 heavy (non-hydrogen) atoms. The maximum atomic E-state index is 13.3. The summed E-state index contributed by atoms with van der Waals surface area (Å²) in [5.74, 6) is 1.26. The minimum Gasteiger partial charge on any atom is -0.494 e. The molecular formula is C39H50O5. The molecule has 4 rings (SSSR count). The normalized spacial score (nSPS) is 11.7. The quantitative estimate of drug-likeness (QED) is 0.0542. The molecule has 5 heteroatoms. The zero-order chi connectivity index (χ0) is 31.0. The van der Waals surface area contributed by atoms with Crippen LogP contribution in [0.15, 0.2) is 60.7 Å². The van der Waals surface area contributed by atoms with E-state index in [1.807, 2.05) is 24.3 Å². The van der Waals surface area contributed by atoms with Gasteiger partial charge >= 0.3 is 5.97 Å². The second kappa shape index (κ2) is 18.3. The number of benzene rings is 3. The van der Waals surface area contributed by atoms with Crippen LogP contribution in [0, 0.1) is 0 Å². The average Bonchev–Trinajstić information content (AvgIpc) is 3.32. The third-order valence-electron chi connectivity index (χ3n) is 8.35. The van der Waals surface area contributed by atoms with Crippen LogP contribution in [0.5, 0.6) is 17.2 Å². The molecule has 0 spiro atoms. The summed E-state index contributed by atoms with van der Waals surface area (Å²) in [5.41, 5.74) is 3.33. The van der Waals surface area contributed by atoms with Gasteiger partial charge in [0.15, 0.2) is 5.78 Å². The van der Waals surface area contributed by atoms with Crippen LogP contribution in [0.1, 0.15) is 136 Å². The molecule has 5 nitrogen and oxygen atoms in total. The Bertz CT molecular complexity index is 1330. The summed E-state index contributed by atoms with van der Waals surface area (Å²) >= 11 is 0. The minimum atomic E-state index is -0.469. The first-order chi connectivity index (χ1) is 21.6. The lowest BCUT2D eigenvalue weighted by molar-refractivity contribution is 0.0734. The second-order valence-electron chi connectivity index (χ2n) is 12.0. The number of hydrogen-bond donors (Lipinski definition) is 0. The Labute approximate surface area is 264 Å². The van der Waals surface area contributed by atoms with Crippen LogP contribution in [-0.4, -0.2) is 25.0 Å². The van der Waals surface area contributed by atoms with E-state index in [1.54, 1.807) is 36.4 Å². The monoisotopic (exact) mass is 598 g/mol. The van der Waals surface area contributed by atoms with Gasteiger partial charge < -0.3 is 14.2 Å². The SMILES string of the molecule is CCCCCCCCCCCOc1ccc(C(=O)Oc2ccc3c(c2)C(=O)c2cc(OCCCCCCCC)ccc2-3)cc1. The number of unbranched alkanes of at least 4 members (excludes halogenated alkanes) is 13. The Balaban J connectivity index is 1.21. The van der Waals surface area contributed by atoms with Gasteiger partial charge in [-0.05, 0) is 84.6 Å². The lowest BCUT2D eigenvalue weighted by Gasteiger charge is -2.09. The summed E-state index contributed by atoms with van der Waals surface area (Å²) in [6.45, 7) is 5.80. The largest absolute Gasteiger partial charge is 0.494 e. The Morgan fingerprint density at radius 3 is 1.48 bits per heavy atom. The maximum absolute atomic E-state index is 13.3. The summed E-state index contributed by atoms with van der Waals surface area (Å²) < 4.78 is 17.5. The summed E-state index contributed by atoms with van der Waals surface area (Å²) in [6.07, 6.45) is 18.7. The van der Waals surface area contributed by atoms with Crippen molar-refractivity contribution in [3.05, 3.63) is 77.4 Å². The highest BCUT2D eigenvalue weighted by molar-refractivity contribution is 6.22. The van der Waals surface area contributed by atoms with E-state index >= 15 is 0 Å². The van der Waals surface area contributed by atoms with E-state index in [4.69, 9.17) is 14.2 Å². The topological polar surface area (TPSA) is 61.8 Å². The van der Waals surface area contributed by atoms with Crippen LogP contribution >= 0.6 is 0 Å². The first-order valence-electron chi connectivity index (χ1n) is 17.0. The lowest BCUT2D eigenvalue weighted by Crippen LogP contribution is -2.09. The summed E-state index contributed by atoms with van der Waals surface area (Å²) in [5, 5.41) is 0. The van der Waals surface area contributed by atoms with Crippen molar-refractivity contribution in [2.45, 2.75) is 110 Å². The molecular weight excluding hydrogens is 548 g/mol. The van der Waals surface area contributed by atoms with Crippen molar-refractivity contribution < 1.29 is 23.8 Å². The first kappa shape index (κ1) is 33.3. The number of ether oxygens (including phenoxy) is 3. The number of rotatable bonds is 21. The summed E-state index contributed by atoms with van der Waals surface area (Å²) in [4.78, 5) is 26.1. The minimum absolute atomic E-state index is 0.0774. The smallest absolute Gasteiger partial charge is 0.343 e. The third-order valence-corrected chi connectivity index (χ3v) is 8.35. The highest BCUT2D eigenvalue weighted by Gasteiger charge is 2.28. The van der Waals surface area contributed by atoms with Crippen molar-refractivity contribution in [3.63, 3.8) is 0 Å². The Morgan fingerprint density at radius 2 is 0.932 bits per heavy atom. The Morgan fingerprint density at radius 1 is 0.500 bits per heavy atom. The van der Waals surface area contributed by atoms with Crippen molar-refractivity contribution in [2.24, 2.45) is 0 Å². The van der Waals surface area contributed by atoms with Gasteiger partial charge in [-0.15, -0.1) is 0 Å². The van der Waals surface area contributed by atoms with Gasteiger partial charge in [0.1, 0.15) is 17.2 Å². The zero-order valence-corrected chi connectivity index (χ0v) is 26.8. The summed E-state index contributed by atoms with van der Waals surface area (Å²) in [7, 11) is 0. The molecule has 3 aromatic carbocycles. The van der Waals surface area contributed by atoms with Crippen LogP contribution in [0.4, 0.5) is 0 Å². The number of ketones is 1. The molecule has 0 unspecified atom stereocenters. The summed E-state index contributed by atoms with van der Waals surface area (Å²) in [6, 6.07) is 18.0. The molecule has 3 aromatic rings. The van der Waals surface area contributed by atoms with Gasteiger partial charge in [0.05, 0.1) is 18.8 Å². The molecule has 1 aliphatic rings. The van der Waals surface area contributed by atoms with E-state index in [2.05, 4.69) is 13.8 Å². The van der Waals surface area contributed by atoms with Crippen molar-refractivity contribution in [1.82, 2.24) is 0 Å². The molecule has 0 fully saturated rings. The molecule has 0 saturated heterocycles. The Kier molecular flexibility index (Phi) is 13.8. The molecule has 0 N–H and O–H groups in total. The molecule has 236 valence electrons. The van der Waals surface area contributed by atoms with Gasteiger partial charge in [-0.1, -0.05) is 97.3 Å². The fraction of sp³-hybridized carbons (Fsp3) is 0.487. The molecule has 1 aliphatic carbocycles. The van der Waals surface area contributed by atoms with Crippen molar-refractivity contribution in [3.8, 4) is 28.4 Å². The van der Waals surface area contributed by atoms with Gasteiger partial charge in [-0.25, -0.2) is 4.79 Å². The van der Waals surface area contributed by atoms with Crippen LogP contribution in [0.25, 0.3) is 11.1 Å². The molecule has 0 bridgehead atoms. The van der Waals surface area contributed by atoms with Crippen LogP contribution < -0.4 is 14.2 Å². The van der Waals surface area contributed by atoms with E-state index < -0.39 is 5.97 Å². The fourth-order valence-electron chi connectivity index (χ4n) is 5.72. The van der Waals surface area contributed by atoms with Crippen molar-refractivity contribution in [1.29, 1.82) is 0 Å². The van der Waals surface area contributed by atoms with Crippen LogP contribution in [0.3, 0.4) is 0 Å². The van der Waals surface area contributed by atoms with E-state index in [9.17, 15) is 9.59 Å². The number of hydrogen-bond acceptors (Lipinski definition) is 5. The van der Waals surface area contributed by atoms with Gasteiger partial charge in [-0.2, -0.15) is 0 Å². The molecule has 0 aromatic heterocycles. The highest BCUT2D eigenvalue weighted by atomic mass is 16.5. The molecule has 0 atom stereocenters. The van der Waals surface area contributed by atoms with Gasteiger partial charge in [0.2, 0.25) is 0 Å². The molecule has 0 aliphatic heterocycles. The fourth-order valence-corrected chi connectivity index (χ4v) is 5.72. The third kappa shape index (κ3) is 9.97. The van der Waals surface area contributed by atoms with E-state index in [0.717, 1.165) is 36.1 Å².